The normalized spacial score (nSPS) is 19.4. The molecule has 3 heterocycles. The highest BCUT2D eigenvalue weighted by atomic mass is 31.2. The number of esters is 1. The molecule has 2 aromatic heterocycles. The van der Waals surface area contributed by atoms with Crippen molar-refractivity contribution in [2.45, 2.75) is 77.0 Å². The highest BCUT2D eigenvalue weighted by molar-refractivity contribution is 7.52. The molecule has 20 nitrogen and oxygen atoms in total. The lowest BCUT2D eigenvalue weighted by molar-refractivity contribution is -0.143. The largest absolute Gasteiger partial charge is 0.509 e. The van der Waals surface area contributed by atoms with Gasteiger partial charge in [-0.15, -0.1) is 0 Å². The number of aldehydes is 1. The zero-order valence-corrected chi connectivity index (χ0v) is 36.6. The molecule has 0 spiro atoms. The highest BCUT2D eigenvalue weighted by Gasteiger charge is 2.59. The number of carbonyl (C=O) groups is 4. The Morgan fingerprint density at radius 3 is 2.31 bits per heavy atom. The van der Waals surface area contributed by atoms with Crippen LogP contribution in [0.4, 0.5) is 25.7 Å². The fourth-order valence-corrected chi connectivity index (χ4v) is 8.15. The molecule has 0 saturated carbocycles. The molecule has 3 aromatic carbocycles. The molecule has 0 aliphatic carbocycles. The van der Waals surface area contributed by atoms with Crippen LogP contribution in [-0.2, 0) is 66.7 Å². The van der Waals surface area contributed by atoms with E-state index in [4.69, 9.17) is 43.2 Å². The molecule has 5 aromatic rings. The van der Waals surface area contributed by atoms with Gasteiger partial charge in [0.05, 0.1) is 32.2 Å². The monoisotopic (exact) mass is 921 g/mol. The average molecular weight is 922 g/mol. The number of nitrogens with one attached hydrogen (secondary N) is 2. The molecule has 4 N–H and O–H groups in total. The van der Waals surface area contributed by atoms with Crippen molar-refractivity contribution in [3.63, 3.8) is 0 Å². The van der Waals surface area contributed by atoms with Gasteiger partial charge in [0.25, 0.3) is 0 Å². The second-order valence-electron chi connectivity index (χ2n) is 14.5. The Hall–Kier alpha value is -6.51. The summed E-state index contributed by atoms with van der Waals surface area (Å²) >= 11 is 0. The third-order valence-corrected chi connectivity index (χ3v) is 11.3. The van der Waals surface area contributed by atoms with E-state index in [9.17, 15) is 23.7 Å². The number of anilines is 2. The summed E-state index contributed by atoms with van der Waals surface area (Å²) in [6.07, 6.45) is -5.59. The maximum Gasteiger partial charge on any atom is 0.509 e. The lowest BCUT2D eigenvalue weighted by atomic mass is 9.98. The van der Waals surface area contributed by atoms with Gasteiger partial charge in [0.15, 0.2) is 35.0 Å². The molecule has 6 atom stereocenters. The lowest BCUT2D eigenvalue weighted by Gasteiger charge is -2.28. The number of nitrogen functional groups attached to an aromatic ring is 1. The van der Waals surface area contributed by atoms with Gasteiger partial charge in [-0.25, -0.2) is 23.5 Å². The van der Waals surface area contributed by atoms with Crippen molar-refractivity contribution < 1.29 is 65.6 Å². The third kappa shape index (κ3) is 12.8. The number of hydrogen-bond acceptors (Lipinski definition) is 17. The van der Waals surface area contributed by atoms with E-state index < -0.39 is 62.7 Å². The van der Waals surface area contributed by atoms with Crippen molar-refractivity contribution in [2.75, 3.05) is 37.5 Å². The lowest BCUT2D eigenvalue weighted by Crippen LogP contribution is -2.44. The number of fused-ring (bicyclic) bond motifs is 1. The summed E-state index contributed by atoms with van der Waals surface area (Å²) in [5, 5.41) is 5.07. The minimum absolute atomic E-state index is 0.0297. The van der Waals surface area contributed by atoms with Gasteiger partial charge in [0.2, 0.25) is 5.95 Å². The van der Waals surface area contributed by atoms with Crippen LogP contribution in [0.15, 0.2) is 91.3 Å². The van der Waals surface area contributed by atoms with Crippen LogP contribution in [0.2, 0.25) is 0 Å². The highest BCUT2D eigenvalue weighted by Crippen LogP contribution is 2.49. The van der Waals surface area contributed by atoms with E-state index in [0.29, 0.717) is 17.4 Å². The number of halogens is 1. The number of nitrogens with two attached hydrogens (primary N) is 1. The van der Waals surface area contributed by atoms with Crippen LogP contribution in [0, 0.1) is 0 Å². The number of aromatic nitrogens is 4. The summed E-state index contributed by atoms with van der Waals surface area (Å²) in [5.74, 6) is -0.941. The number of para-hydroxylation sites is 1. The van der Waals surface area contributed by atoms with Crippen molar-refractivity contribution in [2.24, 2.45) is 0 Å². The van der Waals surface area contributed by atoms with Gasteiger partial charge in [0.1, 0.15) is 31.4 Å². The number of aryl methyl sites for hydroxylation is 1. The second kappa shape index (κ2) is 22.4. The van der Waals surface area contributed by atoms with Crippen molar-refractivity contribution in [3.8, 4) is 5.75 Å². The number of benzene rings is 3. The Bertz CT molecular complexity index is 2450. The fraction of sp³-hybridized carbons (Fsp3) is 0.372. The number of rotatable bonds is 22. The van der Waals surface area contributed by atoms with Crippen LogP contribution in [-0.4, -0.2) is 94.4 Å². The van der Waals surface area contributed by atoms with Crippen LogP contribution in [0.25, 0.3) is 11.2 Å². The predicted octanol–water partition coefficient (Wildman–Crippen LogP) is 6.40. The van der Waals surface area contributed by atoms with Crippen LogP contribution >= 0.6 is 7.75 Å². The number of imidazole rings is 1. The Morgan fingerprint density at radius 2 is 1.63 bits per heavy atom. The van der Waals surface area contributed by atoms with Crippen LogP contribution in [0.1, 0.15) is 50.1 Å². The summed E-state index contributed by atoms with van der Waals surface area (Å²) in [6, 6.07) is 22.8. The van der Waals surface area contributed by atoms with E-state index in [1.54, 1.807) is 86.6 Å². The first kappa shape index (κ1) is 48.0. The summed E-state index contributed by atoms with van der Waals surface area (Å²) in [5.41, 5.74) is 5.05. The minimum atomic E-state index is -4.68. The average Bonchev–Trinajstić information content (AvgIpc) is 3.82. The third-order valence-electron chi connectivity index (χ3n) is 9.72. The fourth-order valence-electron chi connectivity index (χ4n) is 6.65. The number of hydrogen-bond donors (Lipinski definition) is 3. The molecule has 1 aliphatic rings. The maximum absolute atomic E-state index is 17.6. The SMILES string of the molecule is CCOC[C@@H](C=O)N[P@](=O)(OC[C@H]1O[C@@H](n2cnc3c(NC(=O)OCc4ccccc4)nc(N)nc32)[C@](C)(F)[C@@H]1OC(=O)OCc1ccccc1)Oc1ccccc1CCC(=O)OCC. The molecule has 1 amide bonds. The molecule has 1 fully saturated rings. The number of alkyl halides is 1. The van der Waals surface area contributed by atoms with Gasteiger partial charge in [-0.2, -0.15) is 15.1 Å². The summed E-state index contributed by atoms with van der Waals surface area (Å²) in [7, 11) is -4.68. The Morgan fingerprint density at radius 1 is 0.954 bits per heavy atom. The molecule has 65 heavy (non-hydrogen) atoms. The molecule has 22 heteroatoms. The molecule has 0 radical (unpaired) electrons. The van der Waals surface area contributed by atoms with Crippen molar-refractivity contribution in [3.05, 3.63) is 108 Å². The smallest absolute Gasteiger partial charge is 0.466 e. The Kier molecular flexibility index (Phi) is 16.5. The molecule has 1 aliphatic heterocycles. The first-order valence-electron chi connectivity index (χ1n) is 20.5. The van der Waals surface area contributed by atoms with Gasteiger partial charge in [-0.05, 0) is 49.9 Å². The van der Waals surface area contributed by atoms with E-state index in [-0.39, 0.29) is 74.6 Å². The Balaban J connectivity index is 1.29. The van der Waals surface area contributed by atoms with Crippen molar-refractivity contribution in [1.29, 1.82) is 0 Å². The molecule has 0 unspecified atom stereocenters. The van der Waals surface area contributed by atoms with Crippen molar-refractivity contribution in [1.82, 2.24) is 24.6 Å². The number of nitrogens with zero attached hydrogens (tertiary/aromatic N) is 4. The number of carbonyl (C=O) groups excluding carboxylic acids is 4. The van der Waals surface area contributed by atoms with Gasteiger partial charge in [-0.1, -0.05) is 78.9 Å². The van der Waals surface area contributed by atoms with Crippen LogP contribution in [0.5, 0.6) is 5.75 Å². The van der Waals surface area contributed by atoms with Gasteiger partial charge < -0.3 is 43.5 Å². The van der Waals surface area contributed by atoms with Crippen LogP contribution in [0.3, 0.4) is 0 Å². The minimum Gasteiger partial charge on any atom is -0.466 e. The van der Waals surface area contributed by atoms with E-state index >= 15 is 4.39 Å². The Labute approximate surface area is 372 Å². The first-order chi connectivity index (χ1) is 31.3. The molecule has 6 rings (SSSR count). The molecular formula is C43H49FN7O13P. The van der Waals surface area contributed by atoms with Crippen molar-refractivity contribution >= 4 is 55.2 Å². The predicted molar refractivity (Wildman–Crippen MR) is 230 cm³/mol. The summed E-state index contributed by atoms with van der Waals surface area (Å²) in [6.45, 7) is 3.56. The van der Waals surface area contributed by atoms with E-state index in [1.807, 2.05) is 6.07 Å². The van der Waals surface area contributed by atoms with Gasteiger partial charge >= 0.3 is 26.0 Å². The zero-order valence-electron chi connectivity index (χ0n) is 35.7. The zero-order chi connectivity index (χ0) is 46.4. The molecule has 0 bridgehead atoms. The standard InChI is InChI=1S/C43H49FN7O13P/c1-4-57-25-31(22-52)50-65(56,64-32-19-13-12-18-30(32)20-21-34(53)58-5-2)61-26-33-36(63-42(55)60-24-29-16-10-7-11-17-29)43(3,44)39(62-33)51-27-46-35-37(47-40(45)49-38(35)51)48-41(54)59-23-28-14-8-6-9-15-28/h6-19,22,27,31,33,36,39H,4-5,20-21,23-26H2,1-3H3,(H,50,56)(H3,45,47,48,49,54)/t31-,33-,36-,39-,43-,65+/m1/s1. The molecular weight excluding hydrogens is 872 g/mol. The van der Waals surface area contributed by atoms with E-state index in [2.05, 4.69) is 25.4 Å². The molecule has 1 saturated heterocycles. The maximum atomic E-state index is 17.6. The number of amides is 1. The molecule has 346 valence electrons. The van der Waals surface area contributed by atoms with Gasteiger partial charge in [-0.3, -0.25) is 19.2 Å². The quantitative estimate of drug-likeness (QED) is 0.0294. The van der Waals surface area contributed by atoms with E-state index in [0.717, 1.165) is 23.4 Å². The van der Waals surface area contributed by atoms with Crippen LogP contribution < -0.4 is 20.7 Å². The first-order valence-corrected chi connectivity index (χ1v) is 22.0. The summed E-state index contributed by atoms with van der Waals surface area (Å²) < 4.78 is 78.4. The second-order valence-corrected chi connectivity index (χ2v) is 16.2. The van der Waals surface area contributed by atoms with Gasteiger partial charge in [0, 0.05) is 13.0 Å². The topological polar surface area (TPSA) is 253 Å². The van der Waals surface area contributed by atoms with E-state index in [1.165, 1.54) is 6.07 Å². The summed E-state index contributed by atoms with van der Waals surface area (Å²) in [4.78, 5) is 63.1. The number of ether oxygens (including phenoxy) is 6.